The highest BCUT2D eigenvalue weighted by Gasteiger charge is 2.13. The second-order valence-electron chi connectivity index (χ2n) is 4.59. The Hall–Kier alpha value is -1.30. The summed E-state index contributed by atoms with van der Waals surface area (Å²) in [4.78, 5) is 5.28. The lowest BCUT2D eigenvalue weighted by atomic mass is 10.1. The van der Waals surface area contributed by atoms with Gasteiger partial charge < -0.3 is 14.2 Å². The van der Waals surface area contributed by atoms with Crippen LogP contribution in [0.2, 0.25) is 0 Å². The van der Waals surface area contributed by atoms with E-state index < -0.39 is 0 Å². The van der Waals surface area contributed by atoms with Crippen LogP contribution < -0.4 is 15.0 Å². The van der Waals surface area contributed by atoms with Gasteiger partial charge in [-0.25, -0.2) is 0 Å². The molecule has 0 aromatic heterocycles. The van der Waals surface area contributed by atoms with Gasteiger partial charge in [-0.3, -0.25) is 4.84 Å². The summed E-state index contributed by atoms with van der Waals surface area (Å²) in [6.45, 7) is 3.58. The van der Waals surface area contributed by atoms with E-state index >= 15 is 0 Å². The van der Waals surface area contributed by atoms with Crippen LogP contribution in [-0.4, -0.2) is 33.2 Å². The van der Waals surface area contributed by atoms with E-state index in [0.29, 0.717) is 26.0 Å². The summed E-state index contributed by atoms with van der Waals surface area (Å²) >= 11 is 0. The van der Waals surface area contributed by atoms with Gasteiger partial charge in [0.15, 0.2) is 11.5 Å². The number of nitrogens with one attached hydrogen (secondary N) is 1. The van der Waals surface area contributed by atoms with Crippen molar-refractivity contribution in [1.82, 2.24) is 5.48 Å². The van der Waals surface area contributed by atoms with Gasteiger partial charge in [0.1, 0.15) is 0 Å². The second kappa shape index (κ2) is 7.33. The van der Waals surface area contributed by atoms with Crippen molar-refractivity contribution < 1.29 is 19.0 Å². The van der Waals surface area contributed by atoms with Gasteiger partial charge in [0.25, 0.3) is 0 Å². The first-order valence-corrected chi connectivity index (χ1v) is 6.54. The van der Waals surface area contributed by atoms with Crippen molar-refractivity contribution in [2.75, 3.05) is 27.1 Å². The normalized spacial score (nSPS) is 14.6. The van der Waals surface area contributed by atoms with Crippen LogP contribution in [-0.2, 0) is 16.0 Å². The first kappa shape index (κ1) is 14.1. The molecule has 106 valence electrons. The van der Waals surface area contributed by atoms with Crippen molar-refractivity contribution >= 4 is 0 Å². The predicted molar refractivity (Wildman–Crippen MR) is 71.3 cm³/mol. The van der Waals surface area contributed by atoms with Gasteiger partial charge >= 0.3 is 0 Å². The minimum absolute atomic E-state index is 0.294. The zero-order chi connectivity index (χ0) is 13.5. The molecule has 1 heterocycles. The molecule has 5 nitrogen and oxygen atoms in total. The highest BCUT2D eigenvalue weighted by molar-refractivity contribution is 5.44. The lowest BCUT2D eigenvalue weighted by molar-refractivity contribution is -0.00997. The molecule has 1 aliphatic heterocycles. The maximum Gasteiger partial charge on any atom is 0.231 e. The summed E-state index contributed by atoms with van der Waals surface area (Å²) in [7, 11) is 1.66. The van der Waals surface area contributed by atoms with Crippen molar-refractivity contribution in [3.05, 3.63) is 23.8 Å². The molecule has 1 aromatic carbocycles. The number of hydroxylamine groups is 1. The zero-order valence-corrected chi connectivity index (χ0v) is 11.5. The number of fused-ring (bicyclic) bond motifs is 1. The number of ether oxygens (including phenoxy) is 3. The molecule has 0 spiro atoms. The van der Waals surface area contributed by atoms with Gasteiger partial charge in [-0.05, 0) is 37.5 Å². The van der Waals surface area contributed by atoms with E-state index in [1.165, 1.54) is 5.56 Å². The van der Waals surface area contributed by atoms with Crippen LogP contribution in [0.3, 0.4) is 0 Å². The van der Waals surface area contributed by atoms with E-state index in [0.717, 1.165) is 24.3 Å². The van der Waals surface area contributed by atoms with Crippen LogP contribution in [0.15, 0.2) is 18.2 Å². The molecule has 1 atom stereocenters. The molecule has 0 radical (unpaired) electrons. The van der Waals surface area contributed by atoms with E-state index in [4.69, 9.17) is 19.0 Å². The SMILES string of the molecule is COCCONC(C)CCc1ccc2c(c1)OCO2. The van der Waals surface area contributed by atoms with Crippen LogP contribution in [0, 0.1) is 0 Å². The van der Waals surface area contributed by atoms with Gasteiger partial charge in [0.2, 0.25) is 6.79 Å². The maximum atomic E-state index is 5.36. The summed E-state index contributed by atoms with van der Waals surface area (Å²) in [5.41, 5.74) is 4.25. The minimum Gasteiger partial charge on any atom is -0.454 e. The number of hydrogen-bond acceptors (Lipinski definition) is 5. The van der Waals surface area contributed by atoms with Crippen molar-refractivity contribution in [2.45, 2.75) is 25.8 Å². The van der Waals surface area contributed by atoms with E-state index in [1.54, 1.807) is 7.11 Å². The average molecular weight is 267 g/mol. The molecule has 19 heavy (non-hydrogen) atoms. The van der Waals surface area contributed by atoms with Crippen LogP contribution in [0.4, 0.5) is 0 Å². The fourth-order valence-electron chi connectivity index (χ4n) is 1.86. The standard InChI is InChI=1S/C14H21NO4/c1-11(15-19-8-7-16-2)3-4-12-5-6-13-14(9-12)18-10-17-13/h5-6,9,11,15H,3-4,7-8,10H2,1-2H3. The number of rotatable bonds is 8. The Morgan fingerprint density at radius 2 is 2.11 bits per heavy atom. The second-order valence-corrected chi connectivity index (χ2v) is 4.59. The molecule has 0 aliphatic carbocycles. The molecule has 1 unspecified atom stereocenters. The first-order chi connectivity index (χ1) is 9.29. The van der Waals surface area contributed by atoms with E-state index in [-0.39, 0.29) is 0 Å². The number of aryl methyl sites for hydroxylation is 1. The molecule has 0 saturated heterocycles. The monoisotopic (exact) mass is 267 g/mol. The van der Waals surface area contributed by atoms with E-state index in [1.807, 2.05) is 12.1 Å². The van der Waals surface area contributed by atoms with E-state index in [2.05, 4.69) is 18.5 Å². The third-order valence-corrected chi connectivity index (χ3v) is 2.98. The molecule has 5 heteroatoms. The quantitative estimate of drug-likeness (QED) is 0.576. The average Bonchev–Trinajstić information content (AvgIpc) is 2.89. The van der Waals surface area contributed by atoms with Crippen molar-refractivity contribution in [1.29, 1.82) is 0 Å². The highest BCUT2D eigenvalue weighted by atomic mass is 16.7. The van der Waals surface area contributed by atoms with Crippen molar-refractivity contribution in [3.63, 3.8) is 0 Å². The predicted octanol–water partition coefficient (Wildman–Crippen LogP) is 1.90. The fraction of sp³-hybridized carbons (Fsp3) is 0.571. The fourth-order valence-corrected chi connectivity index (χ4v) is 1.86. The number of hydrogen-bond donors (Lipinski definition) is 1. The van der Waals surface area contributed by atoms with Crippen molar-refractivity contribution in [2.24, 2.45) is 0 Å². The Morgan fingerprint density at radius 3 is 2.95 bits per heavy atom. The molecule has 1 N–H and O–H groups in total. The molecular formula is C14H21NO4. The minimum atomic E-state index is 0.294. The van der Waals surface area contributed by atoms with Gasteiger partial charge in [0.05, 0.1) is 13.2 Å². The Bertz CT molecular complexity index is 397. The van der Waals surface area contributed by atoms with Gasteiger partial charge in [0, 0.05) is 13.2 Å². The Morgan fingerprint density at radius 1 is 1.26 bits per heavy atom. The summed E-state index contributed by atoms with van der Waals surface area (Å²) < 4.78 is 15.6. The first-order valence-electron chi connectivity index (χ1n) is 6.54. The van der Waals surface area contributed by atoms with Gasteiger partial charge in [-0.1, -0.05) is 6.07 Å². The van der Waals surface area contributed by atoms with Crippen LogP contribution in [0.5, 0.6) is 11.5 Å². The summed E-state index contributed by atoms with van der Waals surface area (Å²) in [6, 6.07) is 6.37. The number of methoxy groups -OCH3 is 1. The Labute approximate surface area is 113 Å². The maximum absolute atomic E-state index is 5.36. The van der Waals surface area contributed by atoms with Crippen LogP contribution in [0.25, 0.3) is 0 Å². The molecule has 0 fully saturated rings. The lowest BCUT2D eigenvalue weighted by Crippen LogP contribution is -2.28. The highest BCUT2D eigenvalue weighted by Crippen LogP contribution is 2.32. The third kappa shape index (κ3) is 4.38. The van der Waals surface area contributed by atoms with Gasteiger partial charge in [-0.15, -0.1) is 0 Å². The smallest absolute Gasteiger partial charge is 0.231 e. The van der Waals surface area contributed by atoms with Crippen molar-refractivity contribution in [3.8, 4) is 11.5 Å². The number of benzene rings is 1. The third-order valence-electron chi connectivity index (χ3n) is 2.98. The molecule has 1 aromatic rings. The Kier molecular flexibility index (Phi) is 5.44. The molecule has 2 rings (SSSR count). The molecule has 0 amide bonds. The zero-order valence-electron chi connectivity index (χ0n) is 11.5. The van der Waals surface area contributed by atoms with E-state index in [9.17, 15) is 0 Å². The molecular weight excluding hydrogens is 246 g/mol. The summed E-state index contributed by atoms with van der Waals surface area (Å²) in [5.74, 6) is 1.67. The molecule has 0 saturated carbocycles. The molecule has 1 aliphatic rings. The van der Waals surface area contributed by atoms with Gasteiger partial charge in [-0.2, -0.15) is 5.48 Å². The summed E-state index contributed by atoms with van der Waals surface area (Å²) in [6.07, 6.45) is 1.96. The summed E-state index contributed by atoms with van der Waals surface area (Å²) in [5, 5.41) is 0. The van der Waals surface area contributed by atoms with Crippen LogP contribution >= 0.6 is 0 Å². The topological polar surface area (TPSA) is 49.0 Å². The lowest BCUT2D eigenvalue weighted by Gasteiger charge is -2.13. The largest absolute Gasteiger partial charge is 0.454 e. The molecule has 0 bridgehead atoms. The Balaban J connectivity index is 1.70. The van der Waals surface area contributed by atoms with Crippen LogP contribution in [0.1, 0.15) is 18.9 Å².